The lowest BCUT2D eigenvalue weighted by Crippen LogP contribution is -2.37. The number of hydrogen-bond donors (Lipinski definition) is 3. The summed E-state index contributed by atoms with van der Waals surface area (Å²) >= 11 is 0. The average molecular weight is 500 g/mol. The van der Waals surface area contributed by atoms with Gasteiger partial charge in [0.1, 0.15) is 11.5 Å². The molecule has 4 N–H and O–H groups in total. The van der Waals surface area contributed by atoms with Crippen LogP contribution in [0.2, 0.25) is 0 Å². The molecule has 0 saturated carbocycles. The second-order valence-electron chi connectivity index (χ2n) is 8.57. The number of likely N-dealkylation sites (N-methyl/N-ethyl adjacent to an activating group) is 1. The van der Waals surface area contributed by atoms with Crippen molar-refractivity contribution in [2.24, 2.45) is 0 Å². The van der Waals surface area contributed by atoms with E-state index in [1.807, 2.05) is 6.07 Å². The lowest BCUT2D eigenvalue weighted by molar-refractivity contribution is -0.117. The molecular weight excluding hydrogens is 473 g/mol. The Balaban J connectivity index is 1.75. The number of rotatable bonds is 8. The zero-order valence-corrected chi connectivity index (χ0v) is 20.4. The minimum atomic E-state index is -0.500. The van der Waals surface area contributed by atoms with Crippen LogP contribution in [0.25, 0.3) is 11.3 Å². The van der Waals surface area contributed by atoms with Gasteiger partial charge in [-0.15, -0.1) is 0 Å². The Labute approximate surface area is 213 Å². The quantitative estimate of drug-likeness (QED) is 0.252. The Morgan fingerprint density at radius 3 is 2.49 bits per heavy atom. The molecule has 0 unspecified atom stereocenters. The molecule has 0 bridgehead atoms. The van der Waals surface area contributed by atoms with Gasteiger partial charge in [0.05, 0.1) is 18.3 Å². The molecule has 2 heterocycles. The molecule has 37 heavy (non-hydrogen) atoms. The van der Waals surface area contributed by atoms with Crippen molar-refractivity contribution < 1.29 is 14.0 Å². The predicted molar refractivity (Wildman–Crippen MR) is 141 cm³/mol. The summed E-state index contributed by atoms with van der Waals surface area (Å²) in [5, 5.41) is 5.51. The third-order valence-corrected chi connectivity index (χ3v) is 5.94. The van der Waals surface area contributed by atoms with Gasteiger partial charge in [-0.2, -0.15) is 0 Å². The van der Waals surface area contributed by atoms with Crippen LogP contribution in [0.4, 0.5) is 15.8 Å². The molecule has 2 aromatic heterocycles. The number of carbonyl (C=O) groups is 2. The number of benzene rings is 2. The minimum Gasteiger partial charge on any atom is -0.399 e. The van der Waals surface area contributed by atoms with E-state index < -0.39 is 17.4 Å². The Kier molecular flexibility index (Phi) is 7.55. The molecule has 0 spiro atoms. The average Bonchev–Trinajstić information content (AvgIpc) is 2.90. The highest BCUT2D eigenvalue weighted by Gasteiger charge is 2.17. The number of halogens is 1. The molecule has 0 aliphatic heterocycles. The first-order valence-electron chi connectivity index (χ1n) is 11.6. The number of nitrogens with zero attached hydrogens (tertiary/aromatic N) is 2. The minimum absolute atomic E-state index is 0.0752. The number of pyridine rings is 2. The fourth-order valence-corrected chi connectivity index (χ4v) is 3.80. The van der Waals surface area contributed by atoms with Crippen LogP contribution in [0.3, 0.4) is 0 Å². The Morgan fingerprint density at radius 2 is 1.78 bits per heavy atom. The summed E-state index contributed by atoms with van der Waals surface area (Å²) in [7, 11) is 1.65. The van der Waals surface area contributed by atoms with Crippen molar-refractivity contribution >= 4 is 23.1 Å². The monoisotopic (exact) mass is 499 g/mol. The Bertz CT molecular complexity index is 1520. The van der Waals surface area contributed by atoms with E-state index in [2.05, 4.69) is 15.6 Å². The molecule has 0 aliphatic rings. The number of anilines is 2. The lowest BCUT2D eigenvalue weighted by Gasteiger charge is -2.17. The van der Waals surface area contributed by atoms with Crippen molar-refractivity contribution in [3.8, 4) is 11.3 Å². The number of aromatic nitrogens is 2. The maximum atomic E-state index is 13.5. The summed E-state index contributed by atoms with van der Waals surface area (Å²) in [4.78, 5) is 43.1. The van der Waals surface area contributed by atoms with E-state index in [-0.39, 0.29) is 23.9 Å². The summed E-state index contributed by atoms with van der Waals surface area (Å²) in [5.74, 6) is -1.11. The van der Waals surface area contributed by atoms with E-state index >= 15 is 0 Å². The van der Waals surface area contributed by atoms with Gasteiger partial charge in [-0.25, -0.2) is 4.39 Å². The number of nitrogens with two attached hydrogens (primary N) is 1. The molecule has 1 atom stereocenters. The Morgan fingerprint density at radius 1 is 1.03 bits per heavy atom. The van der Waals surface area contributed by atoms with Gasteiger partial charge in [-0.1, -0.05) is 12.1 Å². The van der Waals surface area contributed by atoms with E-state index in [1.165, 1.54) is 35.0 Å². The first-order chi connectivity index (χ1) is 17.8. The van der Waals surface area contributed by atoms with Crippen LogP contribution in [-0.2, 0) is 11.3 Å². The van der Waals surface area contributed by atoms with Crippen molar-refractivity contribution in [3.63, 3.8) is 0 Å². The van der Waals surface area contributed by atoms with Gasteiger partial charge in [0.15, 0.2) is 5.78 Å². The van der Waals surface area contributed by atoms with Crippen LogP contribution in [0, 0.1) is 5.82 Å². The van der Waals surface area contributed by atoms with E-state index in [9.17, 15) is 18.8 Å². The van der Waals surface area contributed by atoms with Crippen LogP contribution >= 0.6 is 0 Å². The SMILES string of the molecule is CN[C@@H](C)C(=O)Nc1ccc(-c2cccc(N)c2)n(Cc2cncc(C(=O)c3ccc(F)cc3)c2)c1=O. The second kappa shape index (κ2) is 11.0. The maximum Gasteiger partial charge on any atom is 0.275 e. The van der Waals surface area contributed by atoms with Gasteiger partial charge in [-0.05, 0) is 74.1 Å². The van der Waals surface area contributed by atoms with Gasteiger partial charge in [0.25, 0.3) is 5.56 Å². The van der Waals surface area contributed by atoms with Gasteiger partial charge >= 0.3 is 0 Å². The third-order valence-electron chi connectivity index (χ3n) is 5.94. The zero-order chi connectivity index (χ0) is 26.5. The summed E-state index contributed by atoms with van der Waals surface area (Å²) in [6.07, 6.45) is 2.98. The summed E-state index contributed by atoms with van der Waals surface area (Å²) in [5.41, 5.74) is 8.70. The first-order valence-corrected chi connectivity index (χ1v) is 11.6. The van der Waals surface area contributed by atoms with Crippen molar-refractivity contribution in [3.05, 3.63) is 112 Å². The molecule has 188 valence electrons. The highest BCUT2D eigenvalue weighted by molar-refractivity contribution is 6.08. The fourth-order valence-electron chi connectivity index (χ4n) is 3.80. The smallest absolute Gasteiger partial charge is 0.275 e. The van der Waals surface area contributed by atoms with Crippen LogP contribution in [-0.4, -0.2) is 34.3 Å². The zero-order valence-electron chi connectivity index (χ0n) is 20.4. The molecule has 1 amide bonds. The molecule has 0 fully saturated rings. The van der Waals surface area contributed by atoms with Crippen molar-refractivity contribution in [1.29, 1.82) is 0 Å². The molecule has 4 rings (SSSR count). The summed E-state index contributed by atoms with van der Waals surface area (Å²) in [6.45, 7) is 1.76. The first kappa shape index (κ1) is 25.5. The summed E-state index contributed by atoms with van der Waals surface area (Å²) in [6, 6.07) is 16.8. The predicted octanol–water partition coefficient (Wildman–Crippen LogP) is 3.46. The van der Waals surface area contributed by atoms with Gasteiger partial charge < -0.3 is 20.9 Å². The number of nitrogens with one attached hydrogen (secondary N) is 2. The number of carbonyl (C=O) groups excluding carboxylic acids is 2. The fraction of sp³-hybridized carbons (Fsp3) is 0.143. The van der Waals surface area contributed by atoms with Crippen LogP contribution in [0.15, 0.2) is 83.9 Å². The molecule has 0 saturated heterocycles. The molecule has 9 heteroatoms. The van der Waals surface area contributed by atoms with Crippen LogP contribution in [0.1, 0.15) is 28.4 Å². The van der Waals surface area contributed by atoms with Gasteiger partial charge in [-0.3, -0.25) is 19.4 Å². The number of nitrogen functional groups attached to an aromatic ring is 1. The molecule has 8 nitrogen and oxygen atoms in total. The molecule has 0 radical (unpaired) electrons. The topological polar surface area (TPSA) is 119 Å². The molecular formula is C28H26FN5O3. The van der Waals surface area contributed by atoms with Crippen molar-refractivity contribution in [2.45, 2.75) is 19.5 Å². The lowest BCUT2D eigenvalue weighted by atomic mass is 10.0. The third kappa shape index (κ3) is 5.79. The molecule has 2 aromatic carbocycles. The highest BCUT2D eigenvalue weighted by atomic mass is 19.1. The van der Waals surface area contributed by atoms with Crippen LogP contribution in [0.5, 0.6) is 0 Å². The second-order valence-corrected chi connectivity index (χ2v) is 8.57. The van der Waals surface area contributed by atoms with E-state index in [1.54, 1.807) is 56.6 Å². The number of amides is 1. The number of hydrogen-bond acceptors (Lipinski definition) is 6. The van der Waals surface area contributed by atoms with E-state index in [0.717, 1.165) is 0 Å². The maximum absolute atomic E-state index is 13.5. The van der Waals surface area contributed by atoms with Gasteiger partial charge in [0.2, 0.25) is 5.91 Å². The molecule has 4 aromatic rings. The van der Waals surface area contributed by atoms with E-state index in [4.69, 9.17) is 5.73 Å². The van der Waals surface area contributed by atoms with Gasteiger partial charge in [0, 0.05) is 34.8 Å². The molecule has 0 aliphatic carbocycles. The van der Waals surface area contributed by atoms with Crippen molar-refractivity contribution in [2.75, 3.05) is 18.1 Å². The summed E-state index contributed by atoms with van der Waals surface area (Å²) < 4.78 is 14.8. The standard InChI is InChI=1S/C28H26FN5O3/c1-17(31-2)27(36)33-24-10-11-25(20-4-3-5-23(30)13-20)34(28(24)37)16-18-12-21(15-32-14-18)26(35)19-6-8-22(29)9-7-19/h3-15,17,31H,16,30H2,1-2H3,(H,33,36)/t17-/m0/s1. The highest BCUT2D eigenvalue weighted by Crippen LogP contribution is 2.23. The van der Waals surface area contributed by atoms with Crippen molar-refractivity contribution in [1.82, 2.24) is 14.9 Å². The largest absolute Gasteiger partial charge is 0.399 e. The van der Waals surface area contributed by atoms with Crippen LogP contribution < -0.4 is 21.9 Å². The van der Waals surface area contributed by atoms with E-state index in [0.29, 0.717) is 33.6 Å². The normalized spacial score (nSPS) is 11.6. The number of ketones is 1. The Hall–Kier alpha value is -4.63.